The minimum atomic E-state index is -0.279. The number of carbonyl (C=O) groups is 4. The summed E-state index contributed by atoms with van der Waals surface area (Å²) < 4.78 is 21.0. The monoisotopic (exact) mass is 508 g/mol. The zero-order valence-electron chi connectivity index (χ0n) is 22.4. The summed E-state index contributed by atoms with van der Waals surface area (Å²) in [6.07, 6.45) is 12.0. The summed E-state index contributed by atoms with van der Waals surface area (Å²) in [4.78, 5) is 45.7. The Labute approximate surface area is 215 Å². The fraction of sp³-hybridized carbons (Fsp3) is 0.786. The smallest absolute Gasteiger partial charge is 0.305 e. The van der Waals surface area contributed by atoms with Crippen LogP contribution < -0.4 is 0 Å². The van der Waals surface area contributed by atoms with Crippen LogP contribution in [0.25, 0.3) is 0 Å². The summed E-state index contributed by atoms with van der Waals surface area (Å²) in [5.41, 5.74) is 1.44. The van der Waals surface area contributed by atoms with Crippen molar-refractivity contribution in [2.75, 3.05) is 13.7 Å². The number of ether oxygens (including phenoxy) is 4. The first-order valence-electron chi connectivity index (χ1n) is 13.4. The molecule has 0 aromatic heterocycles. The topological polar surface area (TPSA) is 105 Å². The molecule has 0 aliphatic heterocycles. The molecule has 8 nitrogen and oxygen atoms in total. The van der Waals surface area contributed by atoms with Gasteiger partial charge in [-0.1, -0.05) is 11.6 Å². The Balaban J connectivity index is 1.90. The lowest BCUT2D eigenvalue weighted by Crippen LogP contribution is -2.26. The van der Waals surface area contributed by atoms with Crippen molar-refractivity contribution in [1.82, 2.24) is 0 Å². The summed E-state index contributed by atoms with van der Waals surface area (Å²) in [6, 6.07) is 0. The highest BCUT2D eigenvalue weighted by molar-refractivity contribution is 5.69. The lowest BCUT2D eigenvalue weighted by molar-refractivity contribution is -0.149. The van der Waals surface area contributed by atoms with Gasteiger partial charge in [-0.3, -0.25) is 19.2 Å². The largest absolute Gasteiger partial charge is 0.469 e. The van der Waals surface area contributed by atoms with Crippen LogP contribution in [-0.2, 0) is 38.1 Å². The molecule has 0 N–H and O–H groups in total. The van der Waals surface area contributed by atoms with Gasteiger partial charge >= 0.3 is 23.9 Å². The Hall–Kier alpha value is -2.38. The lowest BCUT2D eigenvalue weighted by atomic mass is 9.86. The van der Waals surface area contributed by atoms with E-state index in [4.69, 9.17) is 18.9 Å². The van der Waals surface area contributed by atoms with Crippen molar-refractivity contribution in [2.45, 2.75) is 110 Å². The maximum Gasteiger partial charge on any atom is 0.305 e. The Bertz CT molecular complexity index is 774. The minimum absolute atomic E-state index is 0.0833. The van der Waals surface area contributed by atoms with Gasteiger partial charge in [0.05, 0.1) is 13.7 Å². The zero-order valence-corrected chi connectivity index (χ0v) is 22.4. The molecule has 0 radical (unpaired) electrons. The van der Waals surface area contributed by atoms with Crippen LogP contribution in [0.1, 0.15) is 97.8 Å². The van der Waals surface area contributed by atoms with Crippen molar-refractivity contribution in [3.8, 4) is 0 Å². The van der Waals surface area contributed by atoms with Crippen molar-refractivity contribution in [1.29, 1.82) is 0 Å². The number of hydrogen-bond acceptors (Lipinski definition) is 8. The number of methoxy groups -OCH3 is 1. The van der Waals surface area contributed by atoms with Gasteiger partial charge in [0.2, 0.25) is 0 Å². The van der Waals surface area contributed by atoms with Gasteiger partial charge in [-0.25, -0.2) is 0 Å². The first-order chi connectivity index (χ1) is 17.2. The first kappa shape index (κ1) is 29.8. The molecule has 2 rings (SSSR count). The standard InChI is InChI=1S/C28H44O8/c1-19(29)34-15-9-5-6-11-24(35-20(2)30)13-14-25-26-17-22(10-7-8-12-28(32)33-4)16-23(26)18-27(25)36-21(3)31/h10,23-27H,5-9,11-18H2,1-4H3/t23-,24?,25-,26-,27-/m1/s1. The van der Waals surface area contributed by atoms with Crippen molar-refractivity contribution < 1.29 is 38.1 Å². The highest BCUT2D eigenvalue weighted by atomic mass is 16.5. The average molecular weight is 509 g/mol. The molecule has 1 unspecified atom stereocenters. The summed E-state index contributed by atoms with van der Waals surface area (Å²) in [7, 11) is 1.41. The van der Waals surface area contributed by atoms with Crippen LogP contribution in [0.4, 0.5) is 0 Å². The quantitative estimate of drug-likeness (QED) is 0.131. The molecule has 2 aliphatic carbocycles. The van der Waals surface area contributed by atoms with E-state index in [0.717, 1.165) is 70.6 Å². The molecule has 0 amide bonds. The van der Waals surface area contributed by atoms with Crippen molar-refractivity contribution in [3.05, 3.63) is 11.6 Å². The van der Waals surface area contributed by atoms with E-state index in [1.807, 2.05) is 0 Å². The predicted molar refractivity (Wildman–Crippen MR) is 134 cm³/mol. The summed E-state index contributed by atoms with van der Waals surface area (Å²) >= 11 is 0. The SMILES string of the molecule is COC(=O)CCCC=C1C[C@@H]2C[C@@H](OC(C)=O)[C@H](CCC(CCCCCOC(C)=O)OC(C)=O)[C@@H]2C1. The molecule has 0 aromatic rings. The zero-order chi connectivity index (χ0) is 26.5. The van der Waals surface area contributed by atoms with Crippen molar-refractivity contribution >= 4 is 23.9 Å². The molecular weight excluding hydrogens is 464 g/mol. The third kappa shape index (κ3) is 10.7. The second-order valence-electron chi connectivity index (χ2n) is 10.2. The van der Waals surface area contributed by atoms with E-state index >= 15 is 0 Å². The summed E-state index contributed by atoms with van der Waals surface area (Å²) in [5, 5.41) is 0. The van der Waals surface area contributed by atoms with Gasteiger partial charge in [-0.05, 0) is 88.4 Å². The average Bonchev–Trinajstić information content (AvgIpc) is 3.33. The molecule has 36 heavy (non-hydrogen) atoms. The molecule has 2 aliphatic rings. The van der Waals surface area contributed by atoms with Gasteiger partial charge < -0.3 is 18.9 Å². The van der Waals surface area contributed by atoms with Crippen LogP contribution in [0.2, 0.25) is 0 Å². The molecule has 0 spiro atoms. The van der Waals surface area contributed by atoms with E-state index in [-0.39, 0.29) is 42.0 Å². The van der Waals surface area contributed by atoms with Gasteiger partial charge in [0, 0.05) is 27.2 Å². The summed E-state index contributed by atoms with van der Waals surface area (Å²) in [6.45, 7) is 4.73. The second kappa shape index (κ2) is 15.7. The number of fused-ring (bicyclic) bond motifs is 1. The number of esters is 4. The molecule has 0 aromatic carbocycles. The van der Waals surface area contributed by atoms with Gasteiger partial charge in [0.15, 0.2) is 0 Å². The third-order valence-electron chi connectivity index (χ3n) is 7.38. The van der Waals surface area contributed by atoms with E-state index in [9.17, 15) is 19.2 Å². The molecule has 2 saturated carbocycles. The van der Waals surface area contributed by atoms with E-state index in [1.54, 1.807) is 0 Å². The predicted octanol–water partition coefficient (Wildman–Crippen LogP) is 5.07. The number of hydrogen-bond donors (Lipinski definition) is 0. The van der Waals surface area contributed by atoms with Gasteiger partial charge in [-0.2, -0.15) is 0 Å². The number of unbranched alkanes of at least 4 members (excludes halogenated alkanes) is 3. The second-order valence-corrected chi connectivity index (χ2v) is 10.2. The van der Waals surface area contributed by atoms with Gasteiger partial charge in [0.1, 0.15) is 12.2 Å². The van der Waals surface area contributed by atoms with E-state index in [2.05, 4.69) is 6.08 Å². The van der Waals surface area contributed by atoms with Crippen LogP contribution in [0.3, 0.4) is 0 Å². The van der Waals surface area contributed by atoms with Crippen LogP contribution in [0.5, 0.6) is 0 Å². The van der Waals surface area contributed by atoms with Gasteiger partial charge in [-0.15, -0.1) is 0 Å². The Morgan fingerprint density at radius 1 is 0.944 bits per heavy atom. The fourth-order valence-electron chi connectivity index (χ4n) is 5.86. The van der Waals surface area contributed by atoms with Crippen molar-refractivity contribution in [3.63, 3.8) is 0 Å². The van der Waals surface area contributed by atoms with E-state index in [1.165, 1.54) is 33.5 Å². The van der Waals surface area contributed by atoms with Crippen molar-refractivity contribution in [2.24, 2.45) is 17.8 Å². The number of carbonyl (C=O) groups excluding carboxylic acids is 4. The van der Waals surface area contributed by atoms with Crippen LogP contribution in [0, 0.1) is 17.8 Å². The minimum Gasteiger partial charge on any atom is -0.469 e. The molecule has 0 saturated heterocycles. The molecule has 204 valence electrons. The maximum absolute atomic E-state index is 11.8. The van der Waals surface area contributed by atoms with Crippen LogP contribution >= 0.6 is 0 Å². The highest BCUT2D eigenvalue weighted by Gasteiger charge is 2.48. The molecule has 2 fully saturated rings. The maximum atomic E-state index is 11.8. The third-order valence-corrected chi connectivity index (χ3v) is 7.38. The molecule has 8 heteroatoms. The molecule has 5 atom stereocenters. The Morgan fingerprint density at radius 2 is 1.72 bits per heavy atom. The molecule has 0 bridgehead atoms. The Kier molecular flexibility index (Phi) is 13.0. The highest BCUT2D eigenvalue weighted by Crippen LogP contribution is 2.52. The number of allylic oxidation sites excluding steroid dienone is 2. The lowest BCUT2D eigenvalue weighted by Gasteiger charge is -2.26. The molecular formula is C28H44O8. The number of rotatable bonds is 15. The van der Waals surface area contributed by atoms with Gasteiger partial charge in [0.25, 0.3) is 0 Å². The first-order valence-corrected chi connectivity index (χ1v) is 13.4. The fourth-order valence-corrected chi connectivity index (χ4v) is 5.86. The molecule has 0 heterocycles. The summed E-state index contributed by atoms with van der Waals surface area (Å²) in [5.74, 6) is 0.250. The van der Waals surface area contributed by atoms with E-state index < -0.39 is 0 Å². The van der Waals surface area contributed by atoms with E-state index in [0.29, 0.717) is 24.9 Å². The Morgan fingerprint density at radius 3 is 2.39 bits per heavy atom. The van der Waals surface area contributed by atoms with Crippen LogP contribution in [0.15, 0.2) is 11.6 Å². The normalized spacial score (nSPS) is 24.7. The van der Waals surface area contributed by atoms with Crippen LogP contribution in [-0.4, -0.2) is 49.8 Å².